The minimum atomic E-state index is -0.366. The van der Waals surface area contributed by atoms with E-state index in [4.69, 9.17) is 0 Å². The maximum atomic E-state index is 12.4. The first kappa shape index (κ1) is 19.6. The second-order valence-electron chi connectivity index (χ2n) is 6.42. The second kappa shape index (κ2) is 8.60. The maximum absolute atomic E-state index is 12.4. The Morgan fingerprint density at radius 1 is 1.08 bits per heavy atom. The highest BCUT2D eigenvalue weighted by Gasteiger charge is 2.34. The van der Waals surface area contributed by atoms with Crippen molar-refractivity contribution < 1.29 is 23.9 Å². The molecule has 1 heterocycles. The zero-order chi connectivity index (χ0) is 19.3. The summed E-state index contributed by atoms with van der Waals surface area (Å²) >= 11 is 0. The Morgan fingerprint density at radius 3 is 2.15 bits per heavy atom. The molecule has 0 aliphatic carbocycles. The standard InChI is InChI=1S/C19H24N2O5/c1-13(2)20(12-10-17(23)26-3)16(22)9-6-11-21-18(24)14-7-4-5-8-15(14)19(21)25/h4-5,7-8,13H,6,9-12H2,1-3H3. The van der Waals surface area contributed by atoms with Crippen LogP contribution in [0, 0.1) is 0 Å². The van der Waals surface area contributed by atoms with Gasteiger partial charge in [0.2, 0.25) is 5.91 Å². The van der Waals surface area contributed by atoms with E-state index in [0.717, 1.165) is 0 Å². The number of benzene rings is 1. The second-order valence-corrected chi connectivity index (χ2v) is 6.42. The van der Waals surface area contributed by atoms with Crippen molar-refractivity contribution in [2.75, 3.05) is 20.2 Å². The van der Waals surface area contributed by atoms with E-state index in [1.165, 1.54) is 12.0 Å². The fraction of sp³-hybridized carbons (Fsp3) is 0.474. The number of methoxy groups -OCH3 is 1. The third kappa shape index (κ3) is 4.28. The van der Waals surface area contributed by atoms with Crippen molar-refractivity contribution in [1.82, 2.24) is 9.80 Å². The van der Waals surface area contributed by atoms with E-state index in [1.54, 1.807) is 29.2 Å². The molecule has 0 saturated carbocycles. The van der Waals surface area contributed by atoms with Gasteiger partial charge >= 0.3 is 5.97 Å². The summed E-state index contributed by atoms with van der Waals surface area (Å²) in [5.74, 6) is -1.11. The molecule has 0 aromatic heterocycles. The van der Waals surface area contributed by atoms with Gasteiger partial charge < -0.3 is 9.64 Å². The molecule has 0 spiro atoms. The molecule has 3 amide bonds. The molecule has 0 radical (unpaired) electrons. The third-order valence-electron chi connectivity index (χ3n) is 4.38. The number of imide groups is 1. The molecule has 0 N–H and O–H groups in total. The molecular weight excluding hydrogens is 336 g/mol. The lowest BCUT2D eigenvalue weighted by molar-refractivity contribution is -0.142. The van der Waals surface area contributed by atoms with E-state index < -0.39 is 0 Å². The van der Waals surface area contributed by atoms with E-state index in [0.29, 0.717) is 17.5 Å². The zero-order valence-corrected chi connectivity index (χ0v) is 15.4. The van der Waals surface area contributed by atoms with Crippen molar-refractivity contribution in [1.29, 1.82) is 0 Å². The van der Waals surface area contributed by atoms with Gasteiger partial charge in [0.05, 0.1) is 24.7 Å². The van der Waals surface area contributed by atoms with Gasteiger partial charge in [-0.1, -0.05) is 12.1 Å². The van der Waals surface area contributed by atoms with Crippen LogP contribution in [0.5, 0.6) is 0 Å². The van der Waals surface area contributed by atoms with Crippen molar-refractivity contribution in [3.63, 3.8) is 0 Å². The van der Waals surface area contributed by atoms with Crippen molar-refractivity contribution in [2.45, 2.75) is 39.2 Å². The SMILES string of the molecule is COC(=O)CCN(C(=O)CCCN1C(=O)c2ccccc2C1=O)C(C)C. The van der Waals surface area contributed by atoms with E-state index >= 15 is 0 Å². The lowest BCUT2D eigenvalue weighted by atomic mass is 10.1. The predicted octanol–water partition coefficient (Wildman–Crippen LogP) is 1.86. The summed E-state index contributed by atoms with van der Waals surface area (Å²) < 4.78 is 4.60. The third-order valence-corrected chi connectivity index (χ3v) is 4.38. The summed E-state index contributed by atoms with van der Waals surface area (Å²) in [5.41, 5.74) is 0.816. The number of esters is 1. The first-order valence-corrected chi connectivity index (χ1v) is 8.68. The van der Waals surface area contributed by atoms with E-state index in [2.05, 4.69) is 4.74 Å². The molecule has 0 saturated heterocycles. The molecule has 0 bridgehead atoms. The summed E-state index contributed by atoms with van der Waals surface area (Å²) in [6.45, 7) is 4.23. The summed E-state index contributed by atoms with van der Waals surface area (Å²) in [6.07, 6.45) is 0.720. The maximum Gasteiger partial charge on any atom is 0.307 e. The van der Waals surface area contributed by atoms with Crippen LogP contribution < -0.4 is 0 Å². The number of amides is 3. The normalized spacial score (nSPS) is 13.2. The highest BCUT2D eigenvalue weighted by atomic mass is 16.5. The smallest absolute Gasteiger partial charge is 0.307 e. The number of carbonyl (C=O) groups is 4. The van der Waals surface area contributed by atoms with Gasteiger partial charge in [0, 0.05) is 25.6 Å². The van der Waals surface area contributed by atoms with Gasteiger partial charge in [0.25, 0.3) is 11.8 Å². The summed E-state index contributed by atoms with van der Waals surface area (Å²) in [6, 6.07) is 6.66. The number of rotatable bonds is 8. The van der Waals surface area contributed by atoms with Crippen LogP contribution in [0.1, 0.15) is 53.8 Å². The quantitative estimate of drug-likeness (QED) is 0.522. The molecule has 140 valence electrons. The number of fused-ring (bicyclic) bond motifs is 1. The molecule has 1 aliphatic rings. The van der Waals surface area contributed by atoms with Crippen LogP contribution in [0.3, 0.4) is 0 Å². The van der Waals surface area contributed by atoms with Crippen molar-refractivity contribution >= 4 is 23.7 Å². The van der Waals surface area contributed by atoms with E-state index in [-0.39, 0.29) is 55.7 Å². The molecule has 1 aliphatic heterocycles. The van der Waals surface area contributed by atoms with Gasteiger partial charge in [0.15, 0.2) is 0 Å². The molecule has 1 aromatic rings. The topological polar surface area (TPSA) is 84.0 Å². The Labute approximate surface area is 152 Å². The molecular formula is C19H24N2O5. The zero-order valence-electron chi connectivity index (χ0n) is 15.4. The van der Waals surface area contributed by atoms with Crippen molar-refractivity contribution in [2.24, 2.45) is 0 Å². The van der Waals surface area contributed by atoms with Crippen LogP contribution in [0.4, 0.5) is 0 Å². The van der Waals surface area contributed by atoms with Crippen LogP contribution >= 0.6 is 0 Å². The molecule has 7 heteroatoms. The van der Waals surface area contributed by atoms with Crippen molar-refractivity contribution in [3.8, 4) is 0 Å². The molecule has 0 unspecified atom stereocenters. The highest BCUT2D eigenvalue weighted by Crippen LogP contribution is 2.22. The Kier molecular flexibility index (Phi) is 6.49. The number of hydrogen-bond acceptors (Lipinski definition) is 5. The van der Waals surface area contributed by atoms with Crippen LogP contribution in [0.2, 0.25) is 0 Å². The van der Waals surface area contributed by atoms with Crippen LogP contribution in [-0.2, 0) is 14.3 Å². The number of carbonyl (C=O) groups excluding carboxylic acids is 4. The number of hydrogen-bond donors (Lipinski definition) is 0. The van der Waals surface area contributed by atoms with Crippen LogP contribution in [0.25, 0.3) is 0 Å². The molecule has 26 heavy (non-hydrogen) atoms. The van der Waals surface area contributed by atoms with Gasteiger partial charge in [0.1, 0.15) is 0 Å². The van der Waals surface area contributed by atoms with Gasteiger partial charge in [-0.15, -0.1) is 0 Å². The average Bonchev–Trinajstić information content (AvgIpc) is 2.86. The molecule has 7 nitrogen and oxygen atoms in total. The van der Waals surface area contributed by atoms with Crippen molar-refractivity contribution in [3.05, 3.63) is 35.4 Å². The monoisotopic (exact) mass is 360 g/mol. The first-order chi connectivity index (χ1) is 12.4. The Hall–Kier alpha value is -2.70. The summed E-state index contributed by atoms with van der Waals surface area (Å²) in [5, 5.41) is 0. The Morgan fingerprint density at radius 2 is 1.65 bits per heavy atom. The lowest BCUT2D eigenvalue weighted by Gasteiger charge is -2.26. The van der Waals surface area contributed by atoms with E-state index in [1.807, 2.05) is 13.8 Å². The van der Waals surface area contributed by atoms with Crippen LogP contribution in [0.15, 0.2) is 24.3 Å². The predicted molar refractivity (Wildman–Crippen MR) is 94.5 cm³/mol. The Balaban J connectivity index is 1.88. The van der Waals surface area contributed by atoms with Gasteiger partial charge in [-0.3, -0.25) is 24.1 Å². The fourth-order valence-electron chi connectivity index (χ4n) is 2.96. The molecule has 0 atom stereocenters. The minimum Gasteiger partial charge on any atom is -0.469 e. The lowest BCUT2D eigenvalue weighted by Crippen LogP contribution is -2.39. The molecule has 1 aromatic carbocycles. The summed E-state index contributed by atoms with van der Waals surface area (Å²) in [7, 11) is 1.31. The fourth-order valence-corrected chi connectivity index (χ4v) is 2.96. The van der Waals surface area contributed by atoms with E-state index in [9.17, 15) is 19.2 Å². The number of nitrogens with zero attached hydrogens (tertiary/aromatic N) is 2. The largest absolute Gasteiger partial charge is 0.469 e. The van der Waals surface area contributed by atoms with Crippen LogP contribution in [-0.4, -0.2) is 59.7 Å². The first-order valence-electron chi connectivity index (χ1n) is 8.68. The Bertz CT molecular complexity index is 679. The molecule has 0 fully saturated rings. The van der Waals surface area contributed by atoms with Gasteiger partial charge in [-0.05, 0) is 32.4 Å². The summed E-state index contributed by atoms with van der Waals surface area (Å²) in [4.78, 5) is 51.1. The average molecular weight is 360 g/mol. The minimum absolute atomic E-state index is 0.0496. The molecule has 2 rings (SSSR count). The van der Waals surface area contributed by atoms with Gasteiger partial charge in [-0.25, -0.2) is 0 Å². The highest BCUT2D eigenvalue weighted by molar-refractivity contribution is 6.21. The number of ether oxygens (including phenoxy) is 1. The van der Waals surface area contributed by atoms with Gasteiger partial charge in [-0.2, -0.15) is 0 Å².